The normalized spacial score (nSPS) is 21.8. The Kier molecular flexibility index (Phi) is 4.75. The summed E-state index contributed by atoms with van der Waals surface area (Å²) >= 11 is 0. The second-order valence-corrected chi connectivity index (χ2v) is 6.43. The fourth-order valence-electron chi connectivity index (χ4n) is 3.35. The van der Waals surface area contributed by atoms with Crippen molar-refractivity contribution < 1.29 is 9.53 Å². The topological polar surface area (TPSA) is 76.8 Å². The third-order valence-electron chi connectivity index (χ3n) is 4.83. The number of morpholine rings is 1. The maximum absolute atomic E-state index is 12.6. The minimum atomic E-state index is -0.545. The van der Waals surface area contributed by atoms with Crippen molar-refractivity contribution in [3.05, 3.63) is 26.9 Å². The summed E-state index contributed by atoms with van der Waals surface area (Å²) in [5, 5.41) is 0. The number of nitrogens with zero attached hydrogens (tertiary/aromatic N) is 4. The van der Waals surface area contributed by atoms with Crippen molar-refractivity contribution in [2.24, 2.45) is 14.1 Å². The molecular weight excluding hydrogens is 312 g/mol. The number of hydrogen-bond acceptors (Lipinski definition) is 5. The minimum Gasteiger partial charge on any atom is -0.365 e. The summed E-state index contributed by atoms with van der Waals surface area (Å²) in [6.45, 7) is 2.86. The standard InChI is InChI=1S/C16H24N4O4/c1-17-13(10-14(21)18(2)16(17)23)20-8-9-24-12(11-20)15(22)19-6-4-3-5-7-19/h10,12H,3-9,11H2,1-2H3. The third kappa shape index (κ3) is 3.10. The predicted molar refractivity (Wildman–Crippen MR) is 89.3 cm³/mol. The Morgan fingerprint density at radius 1 is 1.08 bits per heavy atom. The zero-order valence-electron chi connectivity index (χ0n) is 14.2. The van der Waals surface area contributed by atoms with Crippen LogP contribution in [0.2, 0.25) is 0 Å². The summed E-state index contributed by atoms with van der Waals surface area (Å²) in [6.07, 6.45) is 2.68. The first-order valence-corrected chi connectivity index (χ1v) is 8.41. The number of amides is 1. The van der Waals surface area contributed by atoms with E-state index < -0.39 is 6.10 Å². The van der Waals surface area contributed by atoms with Gasteiger partial charge in [0.2, 0.25) is 0 Å². The van der Waals surface area contributed by atoms with Gasteiger partial charge in [0, 0.05) is 39.8 Å². The molecule has 3 rings (SSSR count). The van der Waals surface area contributed by atoms with Crippen LogP contribution in [-0.2, 0) is 23.6 Å². The molecule has 0 bridgehead atoms. The number of hydrogen-bond donors (Lipinski definition) is 0. The highest BCUT2D eigenvalue weighted by Crippen LogP contribution is 2.17. The minimum absolute atomic E-state index is 0.00762. The molecule has 2 fully saturated rings. The van der Waals surface area contributed by atoms with Crippen molar-refractivity contribution in [1.29, 1.82) is 0 Å². The van der Waals surface area contributed by atoms with E-state index in [4.69, 9.17) is 4.74 Å². The Labute approximate surface area is 140 Å². The van der Waals surface area contributed by atoms with Gasteiger partial charge in [0.1, 0.15) is 5.82 Å². The maximum Gasteiger partial charge on any atom is 0.332 e. The fraction of sp³-hybridized carbons (Fsp3) is 0.688. The van der Waals surface area contributed by atoms with Crippen LogP contribution in [0.3, 0.4) is 0 Å². The molecule has 1 atom stereocenters. The van der Waals surface area contributed by atoms with Gasteiger partial charge in [-0.2, -0.15) is 0 Å². The second-order valence-electron chi connectivity index (χ2n) is 6.43. The number of rotatable bonds is 2. The molecule has 0 N–H and O–H groups in total. The molecule has 0 aliphatic carbocycles. The summed E-state index contributed by atoms with van der Waals surface area (Å²) in [7, 11) is 3.09. The second kappa shape index (κ2) is 6.80. The molecule has 1 unspecified atom stereocenters. The molecule has 8 heteroatoms. The number of aromatic nitrogens is 2. The lowest BCUT2D eigenvalue weighted by Crippen LogP contribution is -2.53. The average Bonchev–Trinajstić information content (AvgIpc) is 2.63. The SMILES string of the molecule is Cn1c(N2CCOC(C(=O)N3CCCCC3)C2)cc(=O)n(C)c1=O. The van der Waals surface area contributed by atoms with E-state index in [1.807, 2.05) is 9.80 Å². The van der Waals surface area contributed by atoms with Crippen LogP contribution in [0.5, 0.6) is 0 Å². The molecule has 24 heavy (non-hydrogen) atoms. The first-order chi connectivity index (χ1) is 11.5. The van der Waals surface area contributed by atoms with Gasteiger partial charge in [0.15, 0.2) is 6.10 Å². The number of piperidine rings is 1. The molecule has 0 radical (unpaired) electrons. The Balaban J connectivity index is 1.80. The molecular formula is C16H24N4O4. The monoisotopic (exact) mass is 336 g/mol. The number of likely N-dealkylation sites (tertiary alicyclic amines) is 1. The lowest BCUT2D eigenvalue weighted by molar-refractivity contribution is -0.145. The smallest absolute Gasteiger partial charge is 0.332 e. The van der Waals surface area contributed by atoms with Crippen LogP contribution < -0.4 is 16.1 Å². The van der Waals surface area contributed by atoms with Crippen LogP contribution in [0.1, 0.15) is 19.3 Å². The number of anilines is 1. The first-order valence-electron chi connectivity index (χ1n) is 8.41. The molecule has 0 saturated carbocycles. The first kappa shape index (κ1) is 16.8. The van der Waals surface area contributed by atoms with E-state index in [0.717, 1.165) is 36.9 Å². The van der Waals surface area contributed by atoms with E-state index in [-0.39, 0.29) is 17.2 Å². The Morgan fingerprint density at radius 2 is 1.79 bits per heavy atom. The summed E-state index contributed by atoms with van der Waals surface area (Å²) in [5.74, 6) is 0.538. The number of carbonyl (C=O) groups is 1. The van der Waals surface area contributed by atoms with Gasteiger partial charge in [-0.05, 0) is 19.3 Å². The van der Waals surface area contributed by atoms with E-state index in [1.165, 1.54) is 17.7 Å². The molecule has 8 nitrogen and oxygen atoms in total. The zero-order chi connectivity index (χ0) is 17.3. The summed E-state index contributed by atoms with van der Waals surface area (Å²) in [5.41, 5.74) is -0.721. The van der Waals surface area contributed by atoms with E-state index in [1.54, 1.807) is 7.05 Å². The molecule has 2 saturated heterocycles. The van der Waals surface area contributed by atoms with Gasteiger partial charge in [-0.1, -0.05) is 0 Å². The fourth-order valence-corrected chi connectivity index (χ4v) is 3.35. The molecule has 2 aliphatic rings. The van der Waals surface area contributed by atoms with Crippen molar-refractivity contribution in [3.63, 3.8) is 0 Å². The molecule has 2 aliphatic heterocycles. The van der Waals surface area contributed by atoms with Crippen LogP contribution in [0, 0.1) is 0 Å². The van der Waals surface area contributed by atoms with Gasteiger partial charge in [0.25, 0.3) is 11.5 Å². The zero-order valence-corrected chi connectivity index (χ0v) is 14.2. The third-order valence-corrected chi connectivity index (χ3v) is 4.83. The van der Waals surface area contributed by atoms with Crippen molar-refractivity contribution in [3.8, 4) is 0 Å². The quantitative estimate of drug-likeness (QED) is 0.714. The molecule has 3 heterocycles. The van der Waals surface area contributed by atoms with Gasteiger partial charge in [-0.3, -0.25) is 18.7 Å². The predicted octanol–water partition coefficient (Wildman–Crippen LogP) is -0.698. The summed E-state index contributed by atoms with van der Waals surface area (Å²) in [4.78, 5) is 40.4. The van der Waals surface area contributed by atoms with Gasteiger partial charge in [-0.15, -0.1) is 0 Å². The van der Waals surface area contributed by atoms with E-state index in [2.05, 4.69) is 0 Å². The van der Waals surface area contributed by atoms with E-state index in [9.17, 15) is 14.4 Å². The van der Waals surface area contributed by atoms with Crippen molar-refractivity contribution in [1.82, 2.24) is 14.0 Å². The van der Waals surface area contributed by atoms with Crippen LogP contribution in [0.4, 0.5) is 5.82 Å². The number of carbonyl (C=O) groups excluding carboxylic acids is 1. The molecule has 1 aromatic heterocycles. The van der Waals surface area contributed by atoms with Crippen LogP contribution in [-0.4, -0.2) is 58.8 Å². The Hall–Kier alpha value is -2.09. The lowest BCUT2D eigenvalue weighted by Gasteiger charge is -2.37. The van der Waals surface area contributed by atoms with Crippen LogP contribution in [0.25, 0.3) is 0 Å². The molecule has 0 aromatic carbocycles. The highest BCUT2D eigenvalue weighted by Gasteiger charge is 2.31. The highest BCUT2D eigenvalue weighted by atomic mass is 16.5. The molecule has 132 valence electrons. The van der Waals surface area contributed by atoms with Crippen molar-refractivity contribution >= 4 is 11.7 Å². The maximum atomic E-state index is 12.6. The van der Waals surface area contributed by atoms with Gasteiger partial charge >= 0.3 is 5.69 Å². The summed E-state index contributed by atoms with van der Waals surface area (Å²) in [6, 6.07) is 1.44. The largest absolute Gasteiger partial charge is 0.365 e. The van der Waals surface area contributed by atoms with Crippen LogP contribution in [0.15, 0.2) is 15.7 Å². The molecule has 0 spiro atoms. The van der Waals surface area contributed by atoms with E-state index >= 15 is 0 Å². The van der Waals surface area contributed by atoms with Crippen molar-refractivity contribution in [2.75, 3.05) is 37.7 Å². The van der Waals surface area contributed by atoms with Crippen molar-refractivity contribution in [2.45, 2.75) is 25.4 Å². The highest BCUT2D eigenvalue weighted by molar-refractivity contribution is 5.82. The van der Waals surface area contributed by atoms with Gasteiger partial charge < -0.3 is 14.5 Å². The van der Waals surface area contributed by atoms with Crippen LogP contribution >= 0.6 is 0 Å². The Morgan fingerprint density at radius 3 is 2.50 bits per heavy atom. The van der Waals surface area contributed by atoms with Gasteiger partial charge in [-0.25, -0.2) is 4.79 Å². The number of ether oxygens (including phenoxy) is 1. The van der Waals surface area contributed by atoms with E-state index in [0.29, 0.717) is 25.5 Å². The Bertz CT molecular complexity index is 733. The molecule has 1 aromatic rings. The average molecular weight is 336 g/mol. The lowest BCUT2D eigenvalue weighted by atomic mass is 10.1. The van der Waals surface area contributed by atoms with Gasteiger partial charge in [0.05, 0.1) is 13.2 Å². The summed E-state index contributed by atoms with van der Waals surface area (Å²) < 4.78 is 8.17. The molecule has 1 amide bonds.